The normalized spacial score (nSPS) is 11.9. The quantitative estimate of drug-likeness (QED) is 0.772. The van der Waals surface area contributed by atoms with Crippen molar-refractivity contribution in [2.45, 2.75) is 19.4 Å². The largest absolute Gasteiger partial charge is 0.330 e. The number of hydrogen-bond donors (Lipinski definition) is 2. The van der Waals surface area contributed by atoms with Gasteiger partial charge < -0.3 is 11.5 Å². The molecule has 0 aromatic carbocycles. The van der Waals surface area contributed by atoms with Gasteiger partial charge in [0.05, 0.1) is 5.69 Å². The van der Waals surface area contributed by atoms with Crippen molar-refractivity contribution in [2.75, 3.05) is 6.54 Å². The lowest BCUT2D eigenvalue weighted by molar-refractivity contribution is 0.641. The molecule has 1 aromatic heterocycles. The summed E-state index contributed by atoms with van der Waals surface area (Å²) in [4.78, 5) is 4.31. The van der Waals surface area contributed by atoms with Gasteiger partial charge in [-0.3, -0.25) is 4.98 Å². The lowest BCUT2D eigenvalue weighted by atomic mass is 10.1. The van der Waals surface area contributed by atoms with Crippen molar-refractivity contribution in [3.8, 4) is 0 Å². The highest BCUT2D eigenvalue weighted by atomic mass is 35.5. The number of halogens is 1. The molecule has 0 fully saturated rings. The zero-order valence-electron chi connectivity index (χ0n) is 7.73. The molecule has 0 aliphatic carbocycles. The van der Waals surface area contributed by atoms with Crippen LogP contribution >= 0.6 is 12.4 Å². The molecule has 0 saturated carbocycles. The van der Waals surface area contributed by atoms with Crippen LogP contribution in [0.2, 0.25) is 0 Å². The molecule has 1 atom stereocenters. The number of aromatic nitrogens is 1. The summed E-state index contributed by atoms with van der Waals surface area (Å²) in [5.74, 6) is 0. The minimum absolute atomic E-state index is 0. The molecule has 3 nitrogen and oxygen atoms in total. The fourth-order valence-electron chi connectivity index (χ4n) is 1.10. The summed E-state index contributed by atoms with van der Waals surface area (Å²) < 4.78 is 0. The van der Waals surface area contributed by atoms with Gasteiger partial charge in [-0.05, 0) is 32.0 Å². The Kier molecular flexibility index (Phi) is 5.62. The molecule has 0 spiro atoms. The van der Waals surface area contributed by atoms with Crippen LogP contribution in [0.4, 0.5) is 0 Å². The SMILES string of the molecule is Cc1cccc([C@@H](N)CCN)n1.Cl. The van der Waals surface area contributed by atoms with Crippen molar-refractivity contribution in [1.82, 2.24) is 4.98 Å². The molecule has 1 aromatic rings. The molecule has 13 heavy (non-hydrogen) atoms. The predicted molar refractivity (Wildman–Crippen MR) is 56.8 cm³/mol. The number of aryl methyl sites for hydroxylation is 1. The first kappa shape index (κ1) is 12.4. The van der Waals surface area contributed by atoms with E-state index >= 15 is 0 Å². The summed E-state index contributed by atoms with van der Waals surface area (Å²) in [5, 5.41) is 0. The van der Waals surface area contributed by atoms with Crippen LogP contribution in [0, 0.1) is 6.92 Å². The van der Waals surface area contributed by atoms with Gasteiger partial charge in [0, 0.05) is 11.7 Å². The van der Waals surface area contributed by atoms with Gasteiger partial charge in [0.1, 0.15) is 0 Å². The van der Waals surface area contributed by atoms with Crippen molar-refractivity contribution >= 4 is 12.4 Å². The maximum atomic E-state index is 5.83. The Hall–Kier alpha value is -0.640. The van der Waals surface area contributed by atoms with E-state index in [-0.39, 0.29) is 18.4 Å². The van der Waals surface area contributed by atoms with Crippen molar-refractivity contribution in [3.63, 3.8) is 0 Å². The minimum atomic E-state index is -0.0186. The highest BCUT2D eigenvalue weighted by molar-refractivity contribution is 5.85. The fourth-order valence-corrected chi connectivity index (χ4v) is 1.10. The van der Waals surface area contributed by atoms with Crippen LogP contribution in [0.15, 0.2) is 18.2 Å². The van der Waals surface area contributed by atoms with Gasteiger partial charge in [-0.15, -0.1) is 12.4 Å². The average Bonchev–Trinajstić information content (AvgIpc) is 2.05. The summed E-state index contributed by atoms with van der Waals surface area (Å²) in [6, 6.07) is 5.84. The van der Waals surface area contributed by atoms with Crippen LogP contribution in [0.3, 0.4) is 0 Å². The summed E-state index contributed by atoms with van der Waals surface area (Å²) in [6.45, 7) is 2.56. The van der Waals surface area contributed by atoms with E-state index in [1.165, 1.54) is 0 Å². The molecule has 0 aliphatic heterocycles. The van der Waals surface area contributed by atoms with Crippen LogP contribution in [0.25, 0.3) is 0 Å². The minimum Gasteiger partial charge on any atom is -0.330 e. The maximum absolute atomic E-state index is 5.83. The monoisotopic (exact) mass is 201 g/mol. The number of nitrogens with two attached hydrogens (primary N) is 2. The van der Waals surface area contributed by atoms with Gasteiger partial charge in [-0.25, -0.2) is 0 Å². The second-order valence-electron chi connectivity index (χ2n) is 2.89. The molecule has 1 heterocycles. The van der Waals surface area contributed by atoms with Gasteiger partial charge >= 0.3 is 0 Å². The second-order valence-corrected chi connectivity index (χ2v) is 2.89. The Bertz CT molecular complexity index is 252. The molecule has 0 saturated heterocycles. The zero-order chi connectivity index (χ0) is 8.97. The van der Waals surface area contributed by atoms with E-state index in [1.54, 1.807) is 0 Å². The molecule has 1 rings (SSSR count). The van der Waals surface area contributed by atoms with Crippen molar-refractivity contribution in [3.05, 3.63) is 29.6 Å². The van der Waals surface area contributed by atoms with Crippen molar-refractivity contribution < 1.29 is 0 Å². The molecule has 74 valence electrons. The maximum Gasteiger partial charge on any atom is 0.0574 e. The molecule has 4 heteroatoms. The highest BCUT2D eigenvalue weighted by Crippen LogP contribution is 2.10. The van der Waals surface area contributed by atoms with E-state index in [9.17, 15) is 0 Å². The van der Waals surface area contributed by atoms with Gasteiger partial charge in [0.25, 0.3) is 0 Å². The smallest absolute Gasteiger partial charge is 0.0574 e. The Balaban J connectivity index is 0.00000144. The third-order valence-electron chi connectivity index (χ3n) is 1.77. The van der Waals surface area contributed by atoms with Crippen molar-refractivity contribution in [1.29, 1.82) is 0 Å². The molecule has 0 bridgehead atoms. The van der Waals surface area contributed by atoms with E-state index in [0.717, 1.165) is 17.8 Å². The van der Waals surface area contributed by atoms with Gasteiger partial charge in [0.2, 0.25) is 0 Å². The molecular formula is C9H16ClN3. The Morgan fingerprint density at radius 3 is 2.69 bits per heavy atom. The first-order valence-corrected chi connectivity index (χ1v) is 4.13. The number of pyridine rings is 1. The Labute approximate surface area is 84.9 Å². The van der Waals surface area contributed by atoms with Crippen LogP contribution in [-0.2, 0) is 0 Å². The summed E-state index contributed by atoms with van der Waals surface area (Å²) in [7, 11) is 0. The number of hydrogen-bond acceptors (Lipinski definition) is 3. The molecule has 4 N–H and O–H groups in total. The summed E-state index contributed by atoms with van der Waals surface area (Å²) >= 11 is 0. The first-order valence-electron chi connectivity index (χ1n) is 4.13. The van der Waals surface area contributed by atoms with E-state index in [0.29, 0.717) is 6.54 Å². The third-order valence-corrected chi connectivity index (χ3v) is 1.77. The topological polar surface area (TPSA) is 64.9 Å². The van der Waals surface area contributed by atoms with Crippen LogP contribution < -0.4 is 11.5 Å². The third kappa shape index (κ3) is 3.72. The molecule has 0 unspecified atom stereocenters. The standard InChI is InChI=1S/C9H15N3.ClH/c1-7-3-2-4-9(12-7)8(11)5-6-10;/h2-4,8H,5-6,10-11H2,1H3;1H/t8-;/m0./s1. The molecule has 0 aliphatic rings. The van der Waals surface area contributed by atoms with Crippen LogP contribution in [0.5, 0.6) is 0 Å². The van der Waals surface area contributed by atoms with Gasteiger partial charge in [-0.1, -0.05) is 6.07 Å². The van der Waals surface area contributed by atoms with E-state index in [4.69, 9.17) is 11.5 Å². The predicted octanol–water partition coefficient (Wildman–Crippen LogP) is 1.16. The highest BCUT2D eigenvalue weighted by Gasteiger charge is 2.05. The lowest BCUT2D eigenvalue weighted by Crippen LogP contribution is -2.16. The van der Waals surface area contributed by atoms with E-state index in [2.05, 4.69) is 4.98 Å². The van der Waals surface area contributed by atoms with Crippen LogP contribution in [-0.4, -0.2) is 11.5 Å². The number of rotatable bonds is 3. The Morgan fingerprint density at radius 1 is 1.46 bits per heavy atom. The lowest BCUT2D eigenvalue weighted by Gasteiger charge is -2.09. The van der Waals surface area contributed by atoms with Crippen LogP contribution in [0.1, 0.15) is 23.9 Å². The van der Waals surface area contributed by atoms with Gasteiger partial charge in [-0.2, -0.15) is 0 Å². The molecule has 0 radical (unpaired) electrons. The fraction of sp³-hybridized carbons (Fsp3) is 0.444. The van der Waals surface area contributed by atoms with Crippen molar-refractivity contribution in [2.24, 2.45) is 11.5 Å². The van der Waals surface area contributed by atoms with E-state index in [1.807, 2.05) is 25.1 Å². The number of nitrogens with zero attached hydrogens (tertiary/aromatic N) is 1. The second kappa shape index (κ2) is 5.91. The zero-order valence-corrected chi connectivity index (χ0v) is 8.55. The van der Waals surface area contributed by atoms with E-state index < -0.39 is 0 Å². The molecular weight excluding hydrogens is 186 g/mol. The average molecular weight is 202 g/mol. The summed E-state index contributed by atoms with van der Waals surface area (Å²) in [6.07, 6.45) is 0.788. The Morgan fingerprint density at radius 2 is 2.15 bits per heavy atom. The van der Waals surface area contributed by atoms with Gasteiger partial charge in [0.15, 0.2) is 0 Å². The molecule has 0 amide bonds. The summed E-state index contributed by atoms with van der Waals surface area (Å²) in [5.41, 5.74) is 13.2. The first-order chi connectivity index (χ1) is 5.74.